The van der Waals surface area contributed by atoms with Crippen LogP contribution in [0.1, 0.15) is 19.8 Å². The second kappa shape index (κ2) is 10.5. The molecule has 0 radical (unpaired) electrons. The van der Waals surface area contributed by atoms with Crippen molar-refractivity contribution in [1.82, 2.24) is 10.2 Å². The van der Waals surface area contributed by atoms with E-state index in [1.165, 1.54) is 24.3 Å². The number of hydrogen-bond acceptors (Lipinski definition) is 3. The van der Waals surface area contributed by atoms with Crippen LogP contribution in [0.5, 0.6) is 5.75 Å². The summed E-state index contributed by atoms with van der Waals surface area (Å²) in [6.45, 7) is 4.29. The Kier molecular flexibility index (Phi) is 7.48. The highest BCUT2D eigenvalue weighted by atomic mass is 19.1. The van der Waals surface area contributed by atoms with Crippen LogP contribution >= 0.6 is 0 Å². The van der Waals surface area contributed by atoms with Crippen molar-refractivity contribution in [3.8, 4) is 5.75 Å². The summed E-state index contributed by atoms with van der Waals surface area (Å²) < 4.78 is 18.3. The Hall–Kier alpha value is -3.29. The molecule has 1 saturated heterocycles. The van der Waals surface area contributed by atoms with Crippen molar-refractivity contribution in [3.63, 3.8) is 0 Å². The topological polar surface area (TPSA) is 82.7 Å². The van der Waals surface area contributed by atoms with Gasteiger partial charge in [0.05, 0.1) is 6.61 Å². The van der Waals surface area contributed by atoms with Crippen LogP contribution in [0, 0.1) is 11.7 Å². The molecule has 2 aromatic carbocycles. The van der Waals surface area contributed by atoms with Gasteiger partial charge < -0.3 is 25.6 Å². The molecule has 0 unspecified atom stereocenters. The van der Waals surface area contributed by atoms with Gasteiger partial charge >= 0.3 is 12.1 Å². The first-order chi connectivity index (χ1) is 14.5. The Bertz CT molecular complexity index is 834. The van der Waals surface area contributed by atoms with Crippen LogP contribution in [0.3, 0.4) is 0 Å². The third kappa shape index (κ3) is 6.37. The number of urea groups is 2. The largest absolute Gasteiger partial charge is 0.494 e. The van der Waals surface area contributed by atoms with E-state index in [0.717, 1.165) is 18.6 Å². The molecule has 1 heterocycles. The number of halogens is 1. The summed E-state index contributed by atoms with van der Waals surface area (Å²) in [5, 5.41) is 8.47. The molecule has 3 N–H and O–H groups in total. The maximum Gasteiger partial charge on any atom is 0.321 e. The summed E-state index contributed by atoms with van der Waals surface area (Å²) in [5.74, 6) is 0.734. The maximum absolute atomic E-state index is 13.0. The maximum atomic E-state index is 13.0. The van der Waals surface area contributed by atoms with E-state index in [0.29, 0.717) is 43.5 Å². The van der Waals surface area contributed by atoms with E-state index in [4.69, 9.17) is 4.74 Å². The molecule has 3 rings (SSSR count). The quantitative estimate of drug-likeness (QED) is 0.659. The number of carbonyl (C=O) groups excluding carboxylic acids is 2. The van der Waals surface area contributed by atoms with Gasteiger partial charge in [0.25, 0.3) is 0 Å². The number of piperidine rings is 1. The van der Waals surface area contributed by atoms with Gasteiger partial charge in [-0.25, -0.2) is 14.0 Å². The van der Waals surface area contributed by atoms with Gasteiger partial charge in [0.2, 0.25) is 0 Å². The van der Waals surface area contributed by atoms with Crippen molar-refractivity contribution in [1.29, 1.82) is 0 Å². The lowest BCUT2D eigenvalue weighted by atomic mass is 9.97. The van der Waals surface area contributed by atoms with E-state index >= 15 is 0 Å². The van der Waals surface area contributed by atoms with Crippen molar-refractivity contribution >= 4 is 23.4 Å². The highest BCUT2D eigenvalue weighted by molar-refractivity contribution is 5.90. The molecule has 1 fully saturated rings. The minimum atomic E-state index is -0.340. The van der Waals surface area contributed by atoms with Crippen LogP contribution in [0.2, 0.25) is 0 Å². The smallest absolute Gasteiger partial charge is 0.321 e. The number of likely N-dealkylation sites (tertiary alicyclic amines) is 1. The fourth-order valence-corrected chi connectivity index (χ4v) is 3.29. The molecule has 0 aromatic heterocycles. The normalized spacial score (nSPS) is 14.1. The minimum absolute atomic E-state index is 0.193. The molecule has 0 saturated carbocycles. The second-order valence-corrected chi connectivity index (χ2v) is 7.16. The van der Waals surface area contributed by atoms with E-state index in [9.17, 15) is 14.0 Å². The van der Waals surface area contributed by atoms with Gasteiger partial charge in [-0.1, -0.05) is 0 Å². The van der Waals surface area contributed by atoms with Gasteiger partial charge in [-0.3, -0.25) is 0 Å². The number of carbonyl (C=O) groups is 2. The van der Waals surface area contributed by atoms with Crippen LogP contribution in [0.4, 0.5) is 25.4 Å². The number of hydrogen-bond donors (Lipinski definition) is 3. The highest BCUT2D eigenvalue weighted by Crippen LogP contribution is 2.19. The van der Waals surface area contributed by atoms with E-state index in [2.05, 4.69) is 16.0 Å². The Morgan fingerprint density at radius 1 is 1.00 bits per heavy atom. The molecule has 30 heavy (non-hydrogen) atoms. The molecule has 0 bridgehead atoms. The lowest BCUT2D eigenvalue weighted by molar-refractivity contribution is 0.181. The Balaban J connectivity index is 1.36. The summed E-state index contributed by atoms with van der Waals surface area (Å²) in [6.07, 6.45) is 1.61. The van der Waals surface area contributed by atoms with Gasteiger partial charge in [-0.2, -0.15) is 0 Å². The first kappa shape index (κ1) is 21.4. The van der Waals surface area contributed by atoms with Crippen molar-refractivity contribution in [2.45, 2.75) is 19.8 Å². The monoisotopic (exact) mass is 414 g/mol. The predicted molar refractivity (Wildman–Crippen MR) is 114 cm³/mol. The van der Waals surface area contributed by atoms with Crippen LogP contribution in [0.25, 0.3) is 0 Å². The molecule has 8 heteroatoms. The number of amides is 4. The zero-order chi connectivity index (χ0) is 21.3. The van der Waals surface area contributed by atoms with E-state index in [1.807, 2.05) is 19.1 Å². The molecule has 1 aliphatic rings. The van der Waals surface area contributed by atoms with Gasteiger partial charge in [0.1, 0.15) is 11.6 Å². The summed E-state index contributed by atoms with van der Waals surface area (Å²) in [6, 6.07) is 12.5. The van der Waals surface area contributed by atoms with Crippen molar-refractivity contribution in [2.75, 3.05) is 36.9 Å². The first-order valence-corrected chi connectivity index (χ1v) is 10.1. The average molecular weight is 414 g/mol. The fourth-order valence-electron chi connectivity index (χ4n) is 3.29. The lowest BCUT2D eigenvalue weighted by Crippen LogP contribution is -2.43. The second-order valence-electron chi connectivity index (χ2n) is 7.16. The minimum Gasteiger partial charge on any atom is -0.494 e. The Morgan fingerprint density at radius 2 is 1.60 bits per heavy atom. The number of anilines is 2. The summed E-state index contributed by atoms with van der Waals surface area (Å²) in [7, 11) is 0. The van der Waals surface area contributed by atoms with Crippen LogP contribution < -0.4 is 20.7 Å². The number of nitrogens with zero attached hydrogens (tertiary/aromatic N) is 1. The van der Waals surface area contributed by atoms with E-state index < -0.39 is 0 Å². The summed E-state index contributed by atoms with van der Waals surface area (Å²) in [5.41, 5.74) is 1.26. The number of rotatable bonds is 6. The van der Waals surface area contributed by atoms with Crippen LogP contribution in [-0.2, 0) is 0 Å². The van der Waals surface area contributed by atoms with E-state index in [1.54, 1.807) is 17.0 Å². The molecule has 7 nitrogen and oxygen atoms in total. The highest BCUT2D eigenvalue weighted by Gasteiger charge is 2.23. The Morgan fingerprint density at radius 3 is 2.23 bits per heavy atom. The van der Waals surface area contributed by atoms with Crippen molar-refractivity contribution in [2.24, 2.45) is 5.92 Å². The molecular formula is C22H27FN4O3. The molecule has 0 atom stereocenters. The standard InChI is InChI=1S/C22H27FN4O3/c1-2-30-20-9-7-18(8-10-20)25-21(28)24-15-16-11-13-27(14-12-16)22(29)26-19-5-3-17(23)4-6-19/h3-10,16H,2,11-15H2,1H3,(H,26,29)(H2,24,25,28). The predicted octanol–water partition coefficient (Wildman–Crippen LogP) is 4.29. The Labute approximate surface area is 175 Å². The molecule has 1 aliphatic heterocycles. The third-order valence-corrected chi connectivity index (χ3v) is 4.97. The summed E-state index contributed by atoms with van der Waals surface area (Å²) in [4.78, 5) is 26.2. The molecule has 4 amide bonds. The average Bonchev–Trinajstić information content (AvgIpc) is 2.76. The van der Waals surface area contributed by atoms with Crippen LogP contribution in [0.15, 0.2) is 48.5 Å². The van der Waals surface area contributed by atoms with Crippen molar-refractivity contribution < 1.29 is 18.7 Å². The first-order valence-electron chi connectivity index (χ1n) is 10.1. The molecule has 0 spiro atoms. The SMILES string of the molecule is CCOc1ccc(NC(=O)NCC2CCN(C(=O)Nc3ccc(F)cc3)CC2)cc1. The number of nitrogens with one attached hydrogen (secondary N) is 3. The molecular weight excluding hydrogens is 387 g/mol. The van der Waals surface area contributed by atoms with Gasteiger partial charge in [-0.05, 0) is 74.2 Å². The molecule has 2 aromatic rings. The zero-order valence-electron chi connectivity index (χ0n) is 17.0. The number of benzene rings is 2. The van der Waals surface area contributed by atoms with Gasteiger partial charge in [0, 0.05) is 31.0 Å². The molecule has 0 aliphatic carbocycles. The third-order valence-electron chi connectivity index (χ3n) is 4.97. The van der Waals surface area contributed by atoms with Gasteiger partial charge in [0.15, 0.2) is 0 Å². The number of ether oxygens (including phenoxy) is 1. The van der Waals surface area contributed by atoms with Crippen molar-refractivity contribution in [3.05, 3.63) is 54.3 Å². The fraction of sp³-hybridized carbons (Fsp3) is 0.364. The zero-order valence-corrected chi connectivity index (χ0v) is 17.0. The summed E-state index contributed by atoms with van der Waals surface area (Å²) >= 11 is 0. The molecule has 160 valence electrons. The van der Waals surface area contributed by atoms with E-state index in [-0.39, 0.29) is 17.9 Å². The van der Waals surface area contributed by atoms with Gasteiger partial charge in [-0.15, -0.1) is 0 Å². The van der Waals surface area contributed by atoms with Crippen LogP contribution in [-0.4, -0.2) is 43.2 Å². The lowest BCUT2D eigenvalue weighted by Gasteiger charge is -2.32.